The Bertz CT molecular complexity index is 1320. The number of carbonyl (C=O) groups is 1. The highest BCUT2D eigenvalue weighted by Gasteiger charge is 2.16. The average Bonchev–Trinajstić information content (AvgIpc) is 3.06. The zero-order chi connectivity index (χ0) is 20.5. The van der Waals surface area contributed by atoms with Gasteiger partial charge in [-0.25, -0.2) is 5.43 Å². The summed E-state index contributed by atoms with van der Waals surface area (Å²) < 4.78 is 0.889. The number of phenolic OH excluding ortho intramolecular Hbond substituents is 1. The quantitative estimate of drug-likeness (QED) is 0.270. The summed E-state index contributed by atoms with van der Waals surface area (Å²) in [6.45, 7) is 0. The normalized spacial score (nSPS) is 11.3. The van der Waals surface area contributed by atoms with E-state index in [9.17, 15) is 20.0 Å². The average molecular weight is 426 g/mol. The van der Waals surface area contributed by atoms with Gasteiger partial charge in [-0.3, -0.25) is 14.9 Å². The molecule has 0 aliphatic rings. The summed E-state index contributed by atoms with van der Waals surface area (Å²) >= 11 is 7.55. The van der Waals surface area contributed by atoms with Crippen molar-refractivity contribution in [2.24, 2.45) is 5.10 Å². The zero-order valence-corrected chi connectivity index (χ0v) is 16.2. The number of phenols is 1. The third-order valence-electron chi connectivity index (χ3n) is 4.33. The van der Waals surface area contributed by atoms with Gasteiger partial charge in [0.05, 0.1) is 16.2 Å². The number of nitro benzene ring substituents is 1. The monoisotopic (exact) mass is 425 g/mol. The summed E-state index contributed by atoms with van der Waals surface area (Å²) in [5, 5.41) is 27.3. The molecule has 0 saturated carbocycles. The fourth-order valence-corrected chi connectivity index (χ4v) is 4.35. The van der Waals surface area contributed by atoms with Crippen LogP contribution in [0, 0.1) is 10.1 Å². The summed E-state index contributed by atoms with van der Waals surface area (Å²) in [5.41, 5.74) is 2.68. The molecule has 7 nitrogen and oxygen atoms in total. The second-order valence-electron chi connectivity index (χ2n) is 6.10. The van der Waals surface area contributed by atoms with Crippen LogP contribution >= 0.6 is 22.9 Å². The molecule has 0 bridgehead atoms. The van der Waals surface area contributed by atoms with Gasteiger partial charge in [-0.15, -0.1) is 11.3 Å². The van der Waals surface area contributed by atoms with Crippen LogP contribution in [0.25, 0.3) is 20.9 Å². The van der Waals surface area contributed by atoms with E-state index in [2.05, 4.69) is 10.5 Å². The van der Waals surface area contributed by atoms with Crippen molar-refractivity contribution in [3.8, 4) is 5.75 Å². The third-order valence-corrected chi connectivity index (χ3v) is 6.01. The third kappa shape index (κ3) is 3.51. The van der Waals surface area contributed by atoms with E-state index in [1.165, 1.54) is 41.8 Å². The van der Waals surface area contributed by atoms with Crippen LogP contribution in [0.5, 0.6) is 5.75 Å². The minimum Gasteiger partial charge on any atom is -0.507 e. The Morgan fingerprint density at radius 2 is 1.97 bits per heavy atom. The number of nitrogens with one attached hydrogen (secondary N) is 1. The fraction of sp³-hybridized carbons (Fsp3) is 0. The second-order valence-corrected chi connectivity index (χ2v) is 7.53. The molecule has 0 radical (unpaired) electrons. The molecule has 9 heteroatoms. The number of rotatable bonds is 4. The van der Waals surface area contributed by atoms with Crippen LogP contribution in [-0.4, -0.2) is 22.2 Å². The number of fused-ring (bicyclic) bond motifs is 2. The lowest BCUT2D eigenvalue weighted by Gasteiger charge is -2.05. The van der Waals surface area contributed by atoms with Gasteiger partial charge >= 0.3 is 0 Å². The molecule has 2 N–H and O–H groups in total. The number of nitrogens with zero attached hydrogens (tertiary/aromatic N) is 2. The van der Waals surface area contributed by atoms with Gasteiger partial charge in [0.2, 0.25) is 0 Å². The van der Waals surface area contributed by atoms with Gasteiger partial charge in [-0.1, -0.05) is 35.9 Å². The number of carbonyl (C=O) groups excluding carboxylic acids is 1. The van der Waals surface area contributed by atoms with E-state index in [0.29, 0.717) is 26.2 Å². The Morgan fingerprint density at radius 1 is 1.17 bits per heavy atom. The molecule has 0 spiro atoms. The molecule has 0 saturated heterocycles. The first-order valence-electron chi connectivity index (χ1n) is 8.36. The molecule has 3 aromatic carbocycles. The van der Waals surface area contributed by atoms with Gasteiger partial charge in [0.15, 0.2) is 0 Å². The van der Waals surface area contributed by atoms with Crippen molar-refractivity contribution in [3.05, 3.63) is 80.2 Å². The number of non-ortho nitro benzene ring substituents is 1. The lowest BCUT2D eigenvalue weighted by molar-refractivity contribution is -0.384. The molecule has 4 rings (SSSR count). The molecule has 1 heterocycles. The van der Waals surface area contributed by atoms with Crippen molar-refractivity contribution in [2.75, 3.05) is 0 Å². The number of halogens is 1. The molecule has 0 aliphatic heterocycles. The van der Waals surface area contributed by atoms with Gasteiger partial charge in [-0.2, -0.15) is 5.10 Å². The Labute approximate surface area is 173 Å². The van der Waals surface area contributed by atoms with Gasteiger partial charge in [-0.05, 0) is 29.0 Å². The highest BCUT2D eigenvalue weighted by Crippen LogP contribution is 2.35. The van der Waals surface area contributed by atoms with E-state index in [4.69, 9.17) is 11.6 Å². The largest absolute Gasteiger partial charge is 0.507 e. The predicted molar refractivity (Wildman–Crippen MR) is 114 cm³/mol. The van der Waals surface area contributed by atoms with E-state index in [1.54, 1.807) is 6.07 Å². The van der Waals surface area contributed by atoms with Crippen LogP contribution in [0.4, 0.5) is 5.69 Å². The number of thiophene rings is 1. The lowest BCUT2D eigenvalue weighted by Crippen LogP contribution is -2.16. The van der Waals surface area contributed by atoms with Crippen LogP contribution < -0.4 is 5.43 Å². The molecule has 29 heavy (non-hydrogen) atoms. The molecule has 0 aliphatic carbocycles. The summed E-state index contributed by atoms with van der Waals surface area (Å²) in [7, 11) is 0. The molecule has 1 aromatic heterocycles. The number of nitro groups is 1. The second kappa shape index (κ2) is 7.50. The molecule has 4 aromatic rings. The molecular weight excluding hydrogens is 414 g/mol. The summed E-state index contributed by atoms with van der Waals surface area (Å²) in [6.07, 6.45) is 1.29. The van der Waals surface area contributed by atoms with Crippen molar-refractivity contribution in [1.82, 2.24) is 5.43 Å². The maximum absolute atomic E-state index is 12.5. The first-order valence-corrected chi connectivity index (χ1v) is 9.55. The van der Waals surface area contributed by atoms with E-state index in [0.717, 1.165) is 10.1 Å². The molecule has 0 fully saturated rings. The number of hydrogen-bond donors (Lipinski definition) is 2. The van der Waals surface area contributed by atoms with E-state index >= 15 is 0 Å². The van der Waals surface area contributed by atoms with Crippen molar-refractivity contribution < 1.29 is 14.8 Å². The number of hydrazone groups is 1. The first kappa shape index (κ1) is 18.9. The Kier molecular flexibility index (Phi) is 4.87. The zero-order valence-electron chi connectivity index (χ0n) is 14.6. The maximum atomic E-state index is 12.5. The van der Waals surface area contributed by atoms with Crippen molar-refractivity contribution in [2.45, 2.75) is 0 Å². The fourth-order valence-electron chi connectivity index (χ4n) is 2.95. The number of amides is 1. The minimum absolute atomic E-state index is 0.0567. The van der Waals surface area contributed by atoms with Crippen LogP contribution in [0.2, 0.25) is 5.02 Å². The number of hydrogen-bond acceptors (Lipinski definition) is 6. The predicted octanol–water partition coefficient (Wildman–Crippen LogP) is 5.09. The smallest absolute Gasteiger partial charge is 0.283 e. The maximum Gasteiger partial charge on any atom is 0.283 e. The highest BCUT2D eigenvalue weighted by atomic mass is 35.5. The minimum atomic E-state index is -0.491. The molecular formula is C20H12ClN3O4S. The highest BCUT2D eigenvalue weighted by molar-refractivity contribution is 7.21. The van der Waals surface area contributed by atoms with Gasteiger partial charge in [0, 0.05) is 27.8 Å². The van der Waals surface area contributed by atoms with Crippen molar-refractivity contribution in [1.29, 1.82) is 0 Å². The lowest BCUT2D eigenvalue weighted by atomic mass is 10.0. The first-order chi connectivity index (χ1) is 14.0. The topological polar surface area (TPSA) is 105 Å². The summed E-state index contributed by atoms with van der Waals surface area (Å²) in [4.78, 5) is 23.2. The summed E-state index contributed by atoms with van der Waals surface area (Å²) in [6, 6.07) is 14.7. The standard InChI is InChI=1S/C20H12ClN3O4S/c21-18-14-3-1-2-4-17(14)29-19(18)20(26)23-22-10-15-13-7-6-12(24(27)28)9-11(13)5-8-16(15)25/h1-10,25H,(H,23,26). The van der Waals surface area contributed by atoms with Crippen LogP contribution in [-0.2, 0) is 0 Å². The molecule has 1 amide bonds. The Hall–Kier alpha value is -3.49. The van der Waals surface area contributed by atoms with E-state index in [1.807, 2.05) is 24.3 Å². The number of benzene rings is 3. The van der Waals surface area contributed by atoms with Crippen molar-refractivity contribution in [3.63, 3.8) is 0 Å². The van der Waals surface area contributed by atoms with Crippen LogP contribution in [0.3, 0.4) is 0 Å². The summed E-state index contributed by atoms with van der Waals surface area (Å²) in [5.74, 6) is -0.535. The molecule has 144 valence electrons. The van der Waals surface area contributed by atoms with Gasteiger partial charge < -0.3 is 5.11 Å². The Morgan fingerprint density at radius 3 is 2.72 bits per heavy atom. The van der Waals surface area contributed by atoms with Crippen LogP contribution in [0.1, 0.15) is 15.2 Å². The molecule has 0 atom stereocenters. The molecule has 0 unspecified atom stereocenters. The van der Waals surface area contributed by atoms with Gasteiger partial charge in [0.25, 0.3) is 11.6 Å². The van der Waals surface area contributed by atoms with Crippen LogP contribution in [0.15, 0.2) is 59.7 Å². The van der Waals surface area contributed by atoms with Gasteiger partial charge in [0.1, 0.15) is 10.6 Å². The number of aromatic hydroxyl groups is 1. The Balaban J connectivity index is 1.62. The van der Waals surface area contributed by atoms with E-state index in [-0.39, 0.29) is 11.4 Å². The van der Waals surface area contributed by atoms with Crippen molar-refractivity contribution >= 4 is 61.6 Å². The SMILES string of the molecule is O=C(NN=Cc1c(O)ccc2cc([N+](=O)[O-])ccc12)c1sc2ccccc2c1Cl. The van der Waals surface area contributed by atoms with E-state index < -0.39 is 10.8 Å².